The number of rotatable bonds is 20. The van der Waals surface area contributed by atoms with Gasteiger partial charge in [0.1, 0.15) is 6.10 Å². The van der Waals surface area contributed by atoms with E-state index in [1.165, 1.54) is 154 Å². The Balaban J connectivity index is 1.33. The first-order chi connectivity index (χ1) is 17.2. The Hall–Kier alpha value is -0.790. The van der Waals surface area contributed by atoms with Crippen molar-refractivity contribution in [3.8, 4) is 0 Å². The summed E-state index contributed by atoms with van der Waals surface area (Å²) in [6.07, 6.45) is 36.7. The van der Waals surface area contributed by atoms with Gasteiger partial charge in [0.2, 0.25) is 0 Å². The van der Waals surface area contributed by atoms with Crippen LogP contribution in [0.15, 0.2) is 12.7 Å². The summed E-state index contributed by atoms with van der Waals surface area (Å²) >= 11 is 0. The molecule has 0 heterocycles. The number of hydrogen-bond acceptors (Lipinski definition) is 2. The van der Waals surface area contributed by atoms with E-state index in [9.17, 15) is 4.79 Å². The molecule has 2 saturated carbocycles. The minimum atomic E-state index is -0.247. The van der Waals surface area contributed by atoms with E-state index >= 15 is 0 Å². The van der Waals surface area contributed by atoms with E-state index in [4.69, 9.17) is 4.74 Å². The molecule has 0 aliphatic heterocycles. The number of ether oxygens (including phenoxy) is 1. The van der Waals surface area contributed by atoms with Gasteiger partial charge in [-0.2, -0.15) is 0 Å². The Kier molecular flexibility index (Phi) is 17.6. The zero-order chi connectivity index (χ0) is 25.0. The highest BCUT2D eigenvalue weighted by molar-refractivity contribution is 5.81. The van der Waals surface area contributed by atoms with Gasteiger partial charge in [-0.05, 0) is 56.3 Å². The smallest absolute Gasteiger partial charge is 0.330 e. The Morgan fingerprint density at radius 3 is 1.46 bits per heavy atom. The van der Waals surface area contributed by atoms with Crippen molar-refractivity contribution in [2.75, 3.05) is 0 Å². The fraction of sp³-hybridized carbons (Fsp3) is 0.909. The van der Waals surface area contributed by atoms with Crippen LogP contribution in [0.2, 0.25) is 0 Å². The topological polar surface area (TPSA) is 26.3 Å². The van der Waals surface area contributed by atoms with Crippen LogP contribution in [-0.2, 0) is 9.53 Å². The van der Waals surface area contributed by atoms with Crippen LogP contribution >= 0.6 is 0 Å². The maximum Gasteiger partial charge on any atom is 0.330 e. The molecule has 2 aliphatic carbocycles. The van der Waals surface area contributed by atoms with Crippen LogP contribution in [-0.4, -0.2) is 12.1 Å². The SMILES string of the molecule is C=CC(=O)OC1CCC(C2CCC(CCCCCCCCCCCCCCCCCC)CC2)CC1. The van der Waals surface area contributed by atoms with Crippen LogP contribution in [0.4, 0.5) is 0 Å². The van der Waals surface area contributed by atoms with E-state index in [0.717, 1.165) is 30.6 Å². The lowest BCUT2D eigenvalue weighted by molar-refractivity contribution is -0.145. The molecule has 0 atom stereocenters. The minimum absolute atomic E-state index is 0.142. The summed E-state index contributed by atoms with van der Waals surface area (Å²) < 4.78 is 5.46. The monoisotopic (exact) mass is 488 g/mol. The first-order valence-electron chi connectivity index (χ1n) is 16.1. The molecule has 0 aromatic heterocycles. The molecule has 2 nitrogen and oxygen atoms in total. The van der Waals surface area contributed by atoms with E-state index in [1.807, 2.05) is 0 Å². The zero-order valence-electron chi connectivity index (χ0n) is 23.6. The predicted molar refractivity (Wildman–Crippen MR) is 152 cm³/mol. The maximum atomic E-state index is 11.4. The zero-order valence-corrected chi connectivity index (χ0v) is 23.6. The predicted octanol–water partition coefficient (Wildman–Crippen LogP) is 10.7. The summed E-state index contributed by atoms with van der Waals surface area (Å²) in [7, 11) is 0. The van der Waals surface area contributed by atoms with Crippen LogP contribution < -0.4 is 0 Å². The first kappa shape index (κ1) is 30.4. The third-order valence-electron chi connectivity index (χ3n) is 9.19. The van der Waals surface area contributed by atoms with Gasteiger partial charge in [0.05, 0.1) is 0 Å². The van der Waals surface area contributed by atoms with Gasteiger partial charge < -0.3 is 4.74 Å². The van der Waals surface area contributed by atoms with Gasteiger partial charge in [-0.1, -0.05) is 135 Å². The molecular formula is C33H60O2. The van der Waals surface area contributed by atoms with E-state index < -0.39 is 0 Å². The molecule has 0 radical (unpaired) electrons. The quantitative estimate of drug-likeness (QED) is 0.0967. The standard InChI is InChI=1S/C33H60O2/c1-3-5-6-7-8-9-10-11-12-13-14-15-16-17-18-19-20-29-21-23-30(24-22-29)31-25-27-32(28-26-31)35-33(34)4-2/h4,29-32H,2-3,5-28H2,1H3. The van der Waals surface area contributed by atoms with Gasteiger partial charge in [0, 0.05) is 6.08 Å². The van der Waals surface area contributed by atoms with Gasteiger partial charge in [-0.3, -0.25) is 0 Å². The molecule has 2 heteroatoms. The van der Waals surface area contributed by atoms with Crippen molar-refractivity contribution in [1.29, 1.82) is 0 Å². The highest BCUT2D eigenvalue weighted by Gasteiger charge is 2.31. The average molecular weight is 489 g/mol. The summed E-state index contributed by atoms with van der Waals surface area (Å²) in [5.74, 6) is 2.57. The van der Waals surface area contributed by atoms with Crippen molar-refractivity contribution in [1.82, 2.24) is 0 Å². The van der Waals surface area contributed by atoms with Gasteiger partial charge in [-0.15, -0.1) is 0 Å². The largest absolute Gasteiger partial charge is 0.459 e. The molecule has 0 N–H and O–H groups in total. The van der Waals surface area contributed by atoms with E-state index in [1.54, 1.807) is 0 Å². The minimum Gasteiger partial charge on any atom is -0.459 e. The number of carbonyl (C=O) groups is 1. The normalized spacial score (nSPS) is 24.8. The number of hydrogen-bond donors (Lipinski definition) is 0. The Labute approximate surface area is 219 Å². The molecule has 2 fully saturated rings. The van der Waals surface area contributed by atoms with E-state index in [0.29, 0.717) is 0 Å². The summed E-state index contributed by atoms with van der Waals surface area (Å²) in [5, 5.41) is 0. The molecule has 0 unspecified atom stereocenters. The highest BCUT2D eigenvalue weighted by Crippen LogP contribution is 2.41. The molecular weight excluding hydrogens is 428 g/mol. The van der Waals surface area contributed by atoms with Crippen molar-refractivity contribution in [3.63, 3.8) is 0 Å². The summed E-state index contributed by atoms with van der Waals surface area (Å²) in [6, 6.07) is 0. The van der Waals surface area contributed by atoms with Crippen LogP contribution in [0.1, 0.15) is 167 Å². The number of unbranched alkanes of at least 4 members (excludes halogenated alkanes) is 15. The van der Waals surface area contributed by atoms with Crippen LogP contribution in [0.25, 0.3) is 0 Å². The molecule has 0 bridgehead atoms. The lowest BCUT2D eigenvalue weighted by Gasteiger charge is -2.37. The first-order valence-corrected chi connectivity index (χ1v) is 16.1. The number of carbonyl (C=O) groups excluding carboxylic acids is 1. The molecule has 0 amide bonds. The molecule has 2 aliphatic rings. The van der Waals surface area contributed by atoms with Crippen LogP contribution in [0, 0.1) is 17.8 Å². The van der Waals surface area contributed by atoms with Crippen molar-refractivity contribution in [2.45, 2.75) is 174 Å². The second-order valence-corrected chi connectivity index (χ2v) is 12.1. The van der Waals surface area contributed by atoms with Gasteiger partial charge in [0.15, 0.2) is 0 Å². The van der Waals surface area contributed by atoms with Crippen molar-refractivity contribution >= 4 is 5.97 Å². The van der Waals surface area contributed by atoms with Gasteiger partial charge >= 0.3 is 5.97 Å². The van der Waals surface area contributed by atoms with E-state index in [2.05, 4.69) is 13.5 Å². The lowest BCUT2D eigenvalue weighted by atomic mass is 9.70. The molecule has 0 aromatic rings. The fourth-order valence-electron chi connectivity index (χ4n) is 6.82. The molecule has 35 heavy (non-hydrogen) atoms. The molecule has 0 saturated heterocycles. The van der Waals surface area contributed by atoms with Crippen molar-refractivity contribution in [2.24, 2.45) is 17.8 Å². The average Bonchev–Trinajstić information content (AvgIpc) is 2.89. The molecule has 0 spiro atoms. The summed E-state index contributed by atoms with van der Waals surface area (Å²) in [6.45, 7) is 5.81. The second kappa shape index (κ2) is 20.3. The lowest BCUT2D eigenvalue weighted by Crippen LogP contribution is -2.29. The summed E-state index contributed by atoms with van der Waals surface area (Å²) in [5.41, 5.74) is 0. The Morgan fingerprint density at radius 1 is 0.629 bits per heavy atom. The summed E-state index contributed by atoms with van der Waals surface area (Å²) in [4.78, 5) is 11.4. The van der Waals surface area contributed by atoms with Crippen LogP contribution in [0.3, 0.4) is 0 Å². The third-order valence-corrected chi connectivity index (χ3v) is 9.19. The number of esters is 1. The van der Waals surface area contributed by atoms with Crippen LogP contribution in [0.5, 0.6) is 0 Å². The maximum absolute atomic E-state index is 11.4. The van der Waals surface area contributed by atoms with E-state index in [-0.39, 0.29) is 12.1 Å². The Bertz CT molecular complexity index is 511. The van der Waals surface area contributed by atoms with Gasteiger partial charge in [-0.25, -0.2) is 4.79 Å². The molecule has 0 aromatic carbocycles. The second-order valence-electron chi connectivity index (χ2n) is 12.1. The third kappa shape index (κ3) is 14.5. The molecule has 204 valence electrons. The Morgan fingerprint density at radius 2 is 1.03 bits per heavy atom. The highest BCUT2D eigenvalue weighted by atomic mass is 16.5. The van der Waals surface area contributed by atoms with Gasteiger partial charge in [0.25, 0.3) is 0 Å². The van der Waals surface area contributed by atoms with Crippen molar-refractivity contribution in [3.05, 3.63) is 12.7 Å². The van der Waals surface area contributed by atoms with Crippen molar-refractivity contribution < 1.29 is 9.53 Å². The molecule has 2 rings (SSSR count). The fourth-order valence-corrected chi connectivity index (χ4v) is 6.82.